The fourth-order valence-electron chi connectivity index (χ4n) is 5.15. The van der Waals surface area contributed by atoms with E-state index in [0.29, 0.717) is 20.6 Å². The van der Waals surface area contributed by atoms with Crippen LogP contribution >= 0.6 is 34.8 Å². The predicted octanol–water partition coefficient (Wildman–Crippen LogP) is 6.50. The van der Waals surface area contributed by atoms with Crippen LogP contribution in [-0.4, -0.2) is 50.0 Å². The van der Waals surface area contributed by atoms with Crippen molar-refractivity contribution >= 4 is 62.3 Å². The fourth-order valence-corrected chi connectivity index (χ4v) is 6.45. The molecule has 0 bridgehead atoms. The number of hydrogen-bond acceptors (Lipinski definition) is 4. The molecule has 2 amide bonds. The summed E-state index contributed by atoms with van der Waals surface area (Å²) in [5.41, 5.74) is 1.81. The highest BCUT2D eigenvalue weighted by Crippen LogP contribution is 2.26. The first kappa shape index (κ1) is 32.1. The molecule has 0 aliphatic heterocycles. The summed E-state index contributed by atoms with van der Waals surface area (Å²) in [6, 6.07) is 19.8. The SMILES string of the molecule is CS(=O)(=O)N(CC(=O)N(Cc1ccc(Cl)c(Cl)c1)[C@@H](Cc1ccccc1)C(=O)NC1CCCCC1)c1ccc(Cl)cc1. The van der Waals surface area contributed by atoms with Crippen molar-refractivity contribution < 1.29 is 18.0 Å². The molecule has 3 aromatic rings. The van der Waals surface area contributed by atoms with Gasteiger partial charge in [-0.3, -0.25) is 13.9 Å². The molecule has 1 N–H and O–H groups in total. The minimum Gasteiger partial charge on any atom is -0.352 e. The summed E-state index contributed by atoms with van der Waals surface area (Å²) in [5, 5.41) is 4.28. The van der Waals surface area contributed by atoms with Crippen LogP contribution in [0.3, 0.4) is 0 Å². The molecule has 1 fully saturated rings. The van der Waals surface area contributed by atoms with Crippen LogP contribution in [0, 0.1) is 0 Å². The molecule has 3 aromatic carbocycles. The Morgan fingerprint density at radius 3 is 2.17 bits per heavy atom. The molecule has 0 aromatic heterocycles. The van der Waals surface area contributed by atoms with Crippen LogP contribution in [0.4, 0.5) is 5.69 Å². The van der Waals surface area contributed by atoms with Crippen LogP contribution in [0.2, 0.25) is 15.1 Å². The Balaban J connectivity index is 1.73. The molecule has 42 heavy (non-hydrogen) atoms. The highest BCUT2D eigenvalue weighted by Gasteiger charge is 2.34. The topological polar surface area (TPSA) is 86.8 Å². The zero-order valence-corrected chi connectivity index (χ0v) is 26.4. The van der Waals surface area contributed by atoms with Crippen LogP contribution in [0.15, 0.2) is 72.8 Å². The van der Waals surface area contributed by atoms with Crippen molar-refractivity contribution in [1.82, 2.24) is 10.2 Å². The lowest BCUT2D eigenvalue weighted by Gasteiger charge is -2.35. The molecule has 0 saturated heterocycles. The Morgan fingerprint density at radius 1 is 0.881 bits per heavy atom. The molecule has 0 unspecified atom stereocenters. The van der Waals surface area contributed by atoms with Crippen molar-refractivity contribution in [3.05, 3.63) is 99.0 Å². The average Bonchev–Trinajstić information content (AvgIpc) is 2.96. The van der Waals surface area contributed by atoms with Gasteiger partial charge < -0.3 is 10.2 Å². The summed E-state index contributed by atoms with van der Waals surface area (Å²) in [5.74, 6) is -0.822. The summed E-state index contributed by atoms with van der Waals surface area (Å²) < 4.78 is 26.8. The first-order chi connectivity index (χ1) is 20.0. The first-order valence-electron chi connectivity index (χ1n) is 13.8. The summed E-state index contributed by atoms with van der Waals surface area (Å²) in [7, 11) is -3.87. The summed E-state index contributed by atoms with van der Waals surface area (Å²) in [6.07, 6.45) is 6.23. The maximum Gasteiger partial charge on any atom is 0.244 e. The van der Waals surface area contributed by atoms with Crippen LogP contribution in [0.25, 0.3) is 0 Å². The van der Waals surface area contributed by atoms with Gasteiger partial charge in [-0.2, -0.15) is 0 Å². The quantitative estimate of drug-likeness (QED) is 0.257. The number of hydrogen-bond donors (Lipinski definition) is 1. The normalized spacial score (nSPS) is 14.7. The van der Waals surface area contributed by atoms with Gasteiger partial charge in [-0.1, -0.05) is 90.5 Å². The van der Waals surface area contributed by atoms with Crippen molar-refractivity contribution in [3.63, 3.8) is 0 Å². The van der Waals surface area contributed by atoms with Crippen LogP contribution in [0.5, 0.6) is 0 Å². The van der Waals surface area contributed by atoms with Gasteiger partial charge in [-0.25, -0.2) is 8.42 Å². The van der Waals surface area contributed by atoms with E-state index in [-0.39, 0.29) is 30.6 Å². The van der Waals surface area contributed by atoms with E-state index in [1.165, 1.54) is 17.0 Å². The Morgan fingerprint density at radius 2 is 1.55 bits per heavy atom. The van der Waals surface area contributed by atoms with Crippen molar-refractivity contribution in [2.75, 3.05) is 17.1 Å². The average molecular weight is 651 g/mol. The molecule has 0 heterocycles. The van der Waals surface area contributed by atoms with Gasteiger partial charge in [0, 0.05) is 24.0 Å². The van der Waals surface area contributed by atoms with E-state index in [1.807, 2.05) is 30.3 Å². The van der Waals surface area contributed by atoms with Gasteiger partial charge >= 0.3 is 0 Å². The Bertz CT molecular complexity index is 1480. The maximum atomic E-state index is 14.2. The third kappa shape index (κ3) is 8.86. The number of carbonyl (C=O) groups excluding carboxylic acids is 2. The van der Waals surface area contributed by atoms with E-state index in [9.17, 15) is 18.0 Å². The second kappa shape index (κ2) is 14.6. The van der Waals surface area contributed by atoms with Gasteiger partial charge in [-0.05, 0) is 60.4 Å². The lowest BCUT2D eigenvalue weighted by atomic mass is 9.94. The van der Waals surface area contributed by atoms with Gasteiger partial charge in [0.2, 0.25) is 21.8 Å². The Kier molecular flexibility index (Phi) is 11.2. The van der Waals surface area contributed by atoms with E-state index in [0.717, 1.165) is 48.2 Å². The van der Waals surface area contributed by atoms with Gasteiger partial charge in [0.25, 0.3) is 0 Å². The van der Waals surface area contributed by atoms with E-state index < -0.39 is 28.5 Å². The molecule has 1 atom stereocenters. The second-order valence-electron chi connectivity index (χ2n) is 10.6. The van der Waals surface area contributed by atoms with Crippen LogP contribution < -0.4 is 9.62 Å². The van der Waals surface area contributed by atoms with E-state index in [1.54, 1.807) is 30.3 Å². The molecule has 1 aliphatic rings. The number of nitrogens with zero attached hydrogens (tertiary/aromatic N) is 2. The molecular formula is C31H34Cl3N3O4S. The number of benzene rings is 3. The Hall–Kier alpha value is -2.78. The molecular weight excluding hydrogens is 617 g/mol. The maximum absolute atomic E-state index is 14.2. The fraction of sp³-hybridized carbons (Fsp3) is 0.355. The molecule has 4 rings (SSSR count). The molecule has 0 radical (unpaired) electrons. The molecule has 0 spiro atoms. The third-order valence-corrected chi connectivity index (χ3v) is 9.48. The molecule has 7 nitrogen and oxygen atoms in total. The molecule has 1 saturated carbocycles. The number of amides is 2. The van der Waals surface area contributed by atoms with Crippen molar-refractivity contribution in [3.8, 4) is 0 Å². The predicted molar refractivity (Wildman–Crippen MR) is 170 cm³/mol. The van der Waals surface area contributed by atoms with Gasteiger partial charge in [0.05, 0.1) is 22.0 Å². The second-order valence-corrected chi connectivity index (χ2v) is 13.7. The lowest BCUT2D eigenvalue weighted by molar-refractivity contribution is -0.140. The monoisotopic (exact) mass is 649 g/mol. The van der Waals surface area contributed by atoms with Crippen molar-refractivity contribution in [2.45, 2.75) is 57.2 Å². The standard InChI is InChI=1S/C31H34Cl3N3O4S/c1-42(40,41)37(26-15-13-24(32)14-16-26)21-30(38)36(20-23-12-17-27(33)28(34)18-23)29(19-22-8-4-2-5-9-22)31(39)35-25-10-6-3-7-11-25/h2,4-5,8-9,12-18,25,29H,3,6-7,10-11,19-21H2,1H3,(H,35,39)/t29-/m0/s1. The van der Waals surface area contributed by atoms with Crippen molar-refractivity contribution in [1.29, 1.82) is 0 Å². The summed E-state index contributed by atoms with van der Waals surface area (Å²) in [6.45, 7) is -0.493. The number of sulfonamides is 1. The highest BCUT2D eigenvalue weighted by atomic mass is 35.5. The summed E-state index contributed by atoms with van der Waals surface area (Å²) >= 11 is 18.5. The largest absolute Gasteiger partial charge is 0.352 e. The van der Waals surface area contributed by atoms with Crippen LogP contribution in [0.1, 0.15) is 43.2 Å². The molecule has 1 aliphatic carbocycles. The minimum absolute atomic E-state index is 0.0174. The number of carbonyl (C=O) groups is 2. The first-order valence-corrected chi connectivity index (χ1v) is 16.8. The smallest absolute Gasteiger partial charge is 0.244 e. The van der Waals surface area contributed by atoms with Crippen LogP contribution in [-0.2, 0) is 32.6 Å². The van der Waals surface area contributed by atoms with Gasteiger partial charge in [0.1, 0.15) is 12.6 Å². The van der Waals surface area contributed by atoms with E-state index >= 15 is 0 Å². The van der Waals surface area contributed by atoms with E-state index in [2.05, 4.69) is 5.32 Å². The third-order valence-electron chi connectivity index (χ3n) is 7.35. The number of halogens is 3. The number of anilines is 1. The minimum atomic E-state index is -3.87. The zero-order chi connectivity index (χ0) is 30.3. The van der Waals surface area contributed by atoms with Gasteiger partial charge in [0.15, 0.2) is 0 Å². The highest BCUT2D eigenvalue weighted by molar-refractivity contribution is 7.92. The van der Waals surface area contributed by atoms with Crippen molar-refractivity contribution in [2.24, 2.45) is 0 Å². The number of rotatable bonds is 11. The molecule has 224 valence electrons. The van der Waals surface area contributed by atoms with E-state index in [4.69, 9.17) is 34.8 Å². The summed E-state index contributed by atoms with van der Waals surface area (Å²) in [4.78, 5) is 29.6. The molecule has 11 heteroatoms. The lowest BCUT2D eigenvalue weighted by Crippen LogP contribution is -2.55. The van der Waals surface area contributed by atoms with Gasteiger partial charge in [-0.15, -0.1) is 0 Å². The zero-order valence-electron chi connectivity index (χ0n) is 23.3. The number of nitrogens with one attached hydrogen (secondary N) is 1. The Labute approximate surface area is 262 Å².